The zero-order chi connectivity index (χ0) is 13.8. The highest BCUT2D eigenvalue weighted by Crippen LogP contribution is 2.30. The number of rotatable bonds is 5. The largest absolute Gasteiger partial charge is 0.485 e. The fourth-order valence-corrected chi connectivity index (χ4v) is 1.26. The number of nitro benzene ring substituents is 1. The first kappa shape index (κ1) is 13.9. The van der Waals surface area contributed by atoms with Crippen LogP contribution in [0.3, 0.4) is 0 Å². The molecule has 96 valence electrons. The molecule has 0 aliphatic carbocycles. The van der Waals surface area contributed by atoms with Crippen molar-refractivity contribution in [1.82, 2.24) is 0 Å². The summed E-state index contributed by atoms with van der Waals surface area (Å²) in [5, 5.41) is 19.8. The van der Waals surface area contributed by atoms with Gasteiger partial charge in [-0.05, 0) is 25.5 Å². The Hall–Kier alpha value is -2.13. The lowest BCUT2D eigenvalue weighted by atomic mass is 10.0. The molecule has 0 saturated heterocycles. The van der Waals surface area contributed by atoms with Gasteiger partial charge in [-0.2, -0.15) is 5.26 Å². The zero-order valence-electron chi connectivity index (χ0n) is 10.3. The number of hydrogen-bond acceptors (Lipinski definition) is 5. The minimum absolute atomic E-state index is 0.0206. The van der Waals surface area contributed by atoms with Gasteiger partial charge in [-0.3, -0.25) is 10.1 Å². The molecule has 1 atom stereocenters. The molecule has 0 radical (unpaired) electrons. The smallest absolute Gasteiger partial charge is 0.328 e. The quantitative estimate of drug-likeness (QED) is 0.634. The second kappa shape index (κ2) is 5.47. The Morgan fingerprint density at radius 2 is 2.28 bits per heavy atom. The Morgan fingerprint density at radius 1 is 1.61 bits per heavy atom. The number of para-hydroxylation sites is 1. The highest BCUT2D eigenvalue weighted by Gasteiger charge is 2.23. The van der Waals surface area contributed by atoms with Crippen molar-refractivity contribution in [1.29, 1.82) is 5.26 Å². The Balaban J connectivity index is 3.03. The molecule has 18 heavy (non-hydrogen) atoms. The van der Waals surface area contributed by atoms with E-state index in [0.717, 1.165) is 0 Å². The molecule has 0 aliphatic heterocycles. The molecule has 0 fully saturated rings. The molecular weight excluding hydrogens is 234 g/mol. The number of nitrogens with two attached hydrogens (primary N) is 1. The van der Waals surface area contributed by atoms with Crippen LogP contribution < -0.4 is 10.5 Å². The molecule has 6 heteroatoms. The Morgan fingerprint density at radius 3 is 2.78 bits per heavy atom. The molecule has 6 nitrogen and oxygen atoms in total. The summed E-state index contributed by atoms with van der Waals surface area (Å²) >= 11 is 0. The van der Waals surface area contributed by atoms with Gasteiger partial charge in [0.15, 0.2) is 5.75 Å². The van der Waals surface area contributed by atoms with Crippen LogP contribution in [0.4, 0.5) is 5.69 Å². The molecule has 0 heterocycles. The van der Waals surface area contributed by atoms with E-state index in [1.165, 1.54) is 12.1 Å². The maximum atomic E-state index is 10.9. The van der Waals surface area contributed by atoms with Gasteiger partial charge in [-0.25, -0.2) is 0 Å². The highest BCUT2D eigenvalue weighted by atomic mass is 16.6. The summed E-state index contributed by atoms with van der Waals surface area (Å²) in [7, 11) is 0. The maximum absolute atomic E-state index is 10.9. The fraction of sp³-hybridized carbons (Fsp3) is 0.417. The van der Waals surface area contributed by atoms with Gasteiger partial charge in [0.2, 0.25) is 0 Å². The van der Waals surface area contributed by atoms with Crippen LogP contribution in [0.2, 0.25) is 0 Å². The number of ether oxygens (including phenoxy) is 1. The molecule has 0 bridgehead atoms. The van der Waals surface area contributed by atoms with Crippen molar-refractivity contribution < 1.29 is 9.66 Å². The predicted molar refractivity (Wildman–Crippen MR) is 66.2 cm³/mol. The average Bonchev–Trinajstić information content (AvgIpc) is 2.35. The number of nitriles is 1. The topological polar surface area (TPSA) is 102 Å². The number of nitrogens with zero attached hydrogens (tertiary/aromatic N) is 2. The molecule has 1 aromatic rings. The summed E-state index contributed by atoms with van der Waals surface area (Å²) in [6, 6.07) is 6.16. The van der Waals surface area contributed by atoms with E-state index in [-0.39, 0.29) is 23.6 Å². The monoisotopic (exact) mass is 249 g/mol. The van der Waals surface area contributed by atoms with Crippen molar-refractivity contribution in [3.05, 3.63) is 33.9 Å². The first-order valence-electron chi connectivity index (χ1n) is 5.50. The molecule has 0 amide bonds. The SMILES string of the molecule is CCC(C)(N)COc1cccc(C#N)c1[N+](=O)[O-]. The van der Waals surface area contributed by atoms with Crippen LogP contribution in [0.5, 0.6) is 5.75 Å². The second-order valence-electron chi connectivity index (χ2n) is 4.32. The van der Waals surface area contributed by atoms with Crippen LogP contribution in [0.1, 0.15) is 25.8 Å². The first-order chi connectivity index (χ1) is 8.41. The minimum atomic E-state index is -0.617. The lowest BCUT2D eigenvalue weighted by Crippen LogP contribution is -2.41. The van der Waals surface area contributed by atoms with E-state index >= 15 is 0 Å². The Bertz CT molecular complexity index is 492. The van der Waals surface area contributed by atoms with Crippen LogP contribution in [0.15, 0.2) is 18.2 Å². The van der Waals surface area contributed by atoms with Crippen LogP contribution in [0.25, 0.3) is 0 Å². The van der Waals surface area contributed by atoms with Gasteiger partial charge < -0.3 is 10.5 Å². The molecule has 2 N–H and O–H groups in total. The third-order valence-corrected chi connectivity index (χ3v) is 2.67. The number of hydrogen-bond donors (Lipinski definition) is 1. The lowest BCUT2D eigenvalue weighted by molar-refractivity contribution is -0.386. The van der Waals surface area contributed by atoms with Crippen molar-refractivity contribution in [3.63, 3.8) is 0 Å². The zero-order valence-corrected chi connectivity index (χ0v) is 10.3. The third-order valence-electron chi connectivity index (χ3n) is 2.67. The molecule has 0 saturated carbocycles. The molecule has 0 aromatic heterocycles. The standard InChI is InChI=1S/C12H15N3O3/c1-3-12(2,14)8-18-10-6-4-5-9(7-13)11(10)15(16)17/h4-6H,3,8,14H2,1-2H3. The van der Waals surface area contributed by atoms with Gasteiger partial charge in [0.25, 0.3) is 0 Å². The van der Waals surface area contributed by atoms with E-state index in [4.69, 9.17) is 15.7 Å². The lowest BCUT2D eigenvalue weighted by Gasteiger charge is -2.22. The molecule has 1 aromatic carbocycles. The van der Waals surface area contributed by atoms with E-state index < -0.39 is 10.5 Å². The predicted octanol–water partition coefficient (Wildman–Crippen LogP) is 1.97. The van der Waals surface area contributed by atoms with Crippen molar-refractivity contribution in [2.45, 2.75) is 25.8 Å². The summed E-state index contributed by atoms with van der Waals surface area (Å²) in [4.78, 5) is 10.3. The van der Waals surface area contributed by atoms with E-state index in [1.807, 2.05) is 6.92 Å². The summed E-state index contributed by atoms with van der Waals surface area (Å²) in [5.74, 6) is 0.0733. The molecule has 0 aliphatic rings. The summed E-state index contributed by atoms with van der Waals surface area (Å²) in [6.07, 6.45) is 0.679. The average molecular weight is 249 g/mol. The maximum Gasteiger partial charge on any atom is 0.328 e. The van der Waals surface area contributed by atoms with E-state index in [0.29, 0.717) is 6.42 Å². The molecule has 1 unspecified atom stereocenters. The summed E-state index contributed by atoms with van der Waals surface area (Å²) in [5.41, 5.74) is 5.01. The fourth-order valence-electron chi connectivity index (χ4n) is 1.26. The summed E-state index contributed by atoms with van der Waals surface area (Å²) < 4.78 is 5.38. The molecule has 0 spiro atoms. The van der Waals surface area contributed by atoms with Crippen molar-refractivity contribution >= 4 is 5.69 Å². The second-order valence-corrected chi connectivity index (χ2v) is 4.32. The van der Waals surface area contributed by atoms with Gasteiger partial charge in [-0.15, -0.1) is 0 Å². The Kier molecular flexibility index (Phi) is 4.23. The van der Waals surface area contributed by atoms with Crippen LogP contribution in [-0.4, -0.2) is 17.1 Å². The normalized spacial score (nSPS) is 13.4. The van der Waals surface area contributed by atoms with Gasteiger partial charge >= 0.3 is 5.69 Å². The van der Waals surface area contributed by atoms with Crippen molar-refractivity contribution in [2.24, 2.45) is 5.73 Å². The van der Waals surface area contributed by atoms with Gasteiger partial charge in [0.05, 0.1) is 4.92 Å². The van der Waals surface area contributed by atoms with Crippen molar-refractivity contribution in [3.8, 4) is 11.8 Å². The first-order valence-corrected chi connectivity index (χ1v) is 5.50. The van der Waals surface area contributed by atoms with Gasteiger partial charge in [-0.1, -0.05) is 13.0 Å². The van der Waals surface area contributed by atoms with Crippen LogP contribution in [0, 0.1) is 21.4 Å². The van der Waals surface area contributed by atoms with E-state index in [1.54, 1.807) is 19.1 Å². The molecular formula is C12H15N3O3. The highest BCUT2D eigenvalue weighted by molar-refractivity contribution is 5.57. The number of nitro groups is 1. The van der Waals surface area contributed by atoms with Crippen LogP contribution >= 0.6 is 0 Å². The minimum Gasteiger partial charge on any atom is -0.485 e. The van der Waals surface area contributed by atoms with Crippen LogP contribution in [-0.2, 0) is 0 Å². The number of benzene rings is 1. The third kappa shape index (κ3) is 3.18. The van der Waals surface area contributed by atoms with E-state index in [2.05, 4.69) is 0 Å². The van der Waals surface area contributed by atoms with E-state index in [9.17, 15) is 10.1 Å². The Labute approximate surface area is 105 Å². The van der Waals surface area contributed by atoms with Gasteiger partial charge in [0, 0.05) is 5.54 Å². The summed E-state index contributed by atoms with van der Waals surface area (Å²) in [6.45, 7) is 3.86. The molecule has 1 rings (SSSR count). The van der Waals surface area contributed by atoms with Gasteiger partial charge in [0.1, 0.15) is 18.2 Å². The van der Waals surface area contributed by atoms with Crippen molar-refractivity contribution in [2.75, 3.05) is 6.61 Å².